The van der Waals surface area contributed by atoms with E-state index in [1.165, 1.54) is 7.11 Å². The van der Waals surface area contributed by atoms with Crippen LogP contribution in [0.4, 0.5) is 15.8 Å². The van der Waals surface area contributed by atoms with Crippen LogP contribution in [-0.2, 0) is 4.74 Å². The summed E-state index contributed by atoms with van der Waals surface area (Å²) in [6, 6.07) is 1.57. The maximum absolute atomic E-state index is 13.5. The summed E-state index contributed by atoms with van der Waals surface area (Å²) in [5.74, 6) is -1.67. The Kier molecular flexibility index (Phi) is 4.55. The molecule has 1 amide bonds. The maximum Gasteiger partial charge on any atom is 0.293 e. The van der Waals surface area contributed by atoms with Gasteiger partial charge in [-0.3, -0.25) is 14.9 Å². The van der Waals surface area contributed by atoms with Gasteiger partial charge in [0.25, 0.3) is 11.6 Å². The molecule has 0 aliphatic heterocycles. The number of hydrogen-bond acceptors (Lipinski definition) is 5. The summed E-state index contributed by atoms with van der Waals surface area (Å²) in [7, 11) is 1.45. The number of nitrogens with two attached hydrogens (primary N) is 1. The first kappa shape index (κ1) is 13.8. The van der Waals surface area contributed by atoms with Crippen LogP contribution in [0, 0.1) is 15.9 Å². The van der Waals surface area contributed by atoms with E-state index in [2.05, 4.69) is 5.32 Å². The zero-order valence-corrected chi connectivity index (χ0v) is 9.60. The molecule has 0 unspecified atom stereocenters. The molecule has 3 N–H and O–H groups in total. The highest BCUT2D eigenvalue weighted by molar-refractivity contribution is 5.95. The average Bonchev–Trinajstić information content (AvgIpc) is 2.28. The van der Waals surface area contributed by atoms with Crippen molar-refractivity contribution in [3.8, 4) is 0 Å². The second-order valence-electron chi connectivity index (χ2n) is 3.40. The van der Waals surface area contributed by atoms with Crippen LogP contribution in [0.25, 0.3) is 0 Å². The molecule has 0 heterocycles. The van der Waals surface area contributed by atoms with E-state index in [1.807, 2.05) is 0 Å². The van der Waals surface area contributed by atoms with Gasteiger partial charge in [-0.25, -0.2) is 4.39 Å². The lowest BCUT2D eigenvalue weighted by Gasteiger charge is -2.06. The second kappa shape index (κ2) is 5.92. The van der Waals surface area contributed by atoms with Crippen LogP contribution in [0.2, 0.25) is 0 Å². The number of halogens is 1. The Bertz CT molecular complexity index is 478. The number of carbonyl (C=O) groups is 1. The van der Waals surface area contributed by atoms with E-state index in [4.69, 9.17) is 10.5 Å². The molecular formula is C10H12FN3O4. The lowest BCUT2D eigenvalue weighted by molar-refractivity contribution is -0.384. The summed E-state index contributed by atoms with van der Waals surface area (Å²) in [5.41, 5.74) is 4.02. The van der Waals surface area contributed by atoms with E-state index in [0.717, 1.165) is 12.1 Å². The van der Waals surface area contributed by atoms with Crippen molar-refractivity contribution in [1.29, 1.82) is 0 Å². The molecule has 0 radical (unpaired) electrons. The van der Waals surface area contributed by atoms with Gasteiger partial charge in [0.15, 0.2) is 0 Å². The first-order valence-electron chi connectivity index (χ1n) is 4.98. The number of nitro groups is 1. The molecule has 0 aliphatic rings. The molecule has 0 saturated carbocycles. The van der Waals surface area contributed by atoms with E-state index < -0.39 is 27.9 Å². The molecule has 1 rings (SSSR count). The number of methoxy groups -OCH3 is 1. The van der Waals surface area contributed by atoms with E-state index >= 15 is 0 Å². The summed E-state index contributed by atoms with van der Waals surface area (Å²) in [6.07, 6.45) is 0. The van der Waals surface area contributed by atoms with Gasteiger partial charge in [0.1, 0.15) is 11.5 Å². The predicted octanol–water partition coefficient (Wildman–Crippen LogP) is 0.692. The van der Waals surface area contributed by atoms with Crippen molar-refractivity contribution in [2.75, 3.05) is 26.0 Å². The van der Waals surface area contributed by atoms with Gasteiger partial charge in [0.05, 0.1) is 17.1 Å². The number of ether oxygens (including phenoxy) is 1. The van der Waals surface area contributed by atoms with Crippen molar-refractivity contribution < 1.29 is 18.8 Å². The Morgan fingerprint density at radius 1 is 1.61 bits per heavy atom. The third kappa shape index (κ3) is 3.14. The number of nitrogens with zero attached hydrogens (tertiary/aromatic N) is 1. The summed E-state index contributed by atoms with van der Waals surface area (Å²) >= 11 is 0. The molecule has 0 aromatic heterocycles. The summed E-state index contributed by atoms with van der Waals surface area (Å²) < 4.78 is 18.2. The molecular weight excluding hydrogens is 245 g/mol. The van der Waals surface area contributed by atoms with Crippen molar-refractivity contribution in [2.24, 2.45) is 0 Å². The Balaban J connectivity index is 2.97. The number of nitrogens with one attached hydrogen (secondary N) is 1. The fourth-order valence-electron chi connectivity index (χ4n) is 1.27. The molecule has 0 atom stereocenters. The Morgan fingerprint density at radius 3 is 2.83 bits per heavy atom. The van der Waals surface area contributed by atoms with Crippen molar-refractivity contribution >= 4 is 17.3 Å². The topological polar surface area (TPSA) is 107 Å². The molecule has 18 heavy (non-hydrogen) atoms. The van der Waals surface area contributed by atoms with Crippen LogP contribution >= 0.6 is 0 Å². The van der Waals surface area contributed by atoms with Crippen molar-refractivity contribution in [3.05, 3.63) is 33.6 Å². The third-order valence-electron chi connectivity index (χ3n) is 2.15. The summed E-state index contributed by atoms with van der Waals surface area (Å²) in [4.78, 5) is 21.4. The monoisotopic (exact) mass is 257 g/mol. The van der Waals surface area contributed by atoms with Gasteiger partial charge in [0.2, 0.25) is 0 Å². The Labute approximate surface area is 102 Å². The lowest BCUT2D eigenvalue weighted by Crippen LogP contribution is -2.27. The largest absolute Gasteiger partial charge is 0.393 e. The van der Waals surface area contributed by atoms with Crippen molar-refractivity contribution in [1.82, 2.24) is 5.32 Å². The van der Waals surface area contributed by atoms with Gasteiger partial charge < -0.3 is 15.8 Å². The van der Waals surface area contributed by atoms with Crippen molar-refractivity contribution in [2.45, 2.75) is 0 Å². The number of rotatable bonds is 5. The fraction of sp³-hybridized carbons (Fsp3) is 0.300. The fourth-order valence-corrected chi connectivity index (χ4v) is 1.27. The molecule has 0 aliphatic carbocycles. The Morgan fingerprint density at radius 2 is 2.28 bits per heavy atom. The van der Waals surface area contributed by atoms with E-state index in [9.17, 15) is 19.3 Å². The summed E-state index contributed by atoms with van der Waals surface area (Å²) in [6.45, 7) is 0.428. The van der Waals surface area contributed by atoms with Crippen LogP contribution in [0.15, 0.2) is 12.1 Å². The van der Waals surface area contributed by atoms with E-state index in [1.54, 1.807) is 0 Å². The number of nitrogen functional groups attached to an aromatic ring is 1. The molecule has 8 heteroatoms. The molecule has 0 saturated heterocycles. The van der Waals surface area contributed by atoms with Crippen LogP contribution in [-0.4, -0.2) is 31.1 Å². The van der Waals surface area contributed by atoms with Crippen LogP contribution in [0.1, 0.15) is 10.4 Å². The van der Waals surface area contributed by atoms with Gasteiger partial charge >= 0.3 is 0 Å². The number of benzene rings is 1. The van der Waals surface area contributed by atoms with Gasteiger partial charge in [-0.15, -0.1) is 0 Å². The molecule has 0 spiro atoms. The van der Waals surface area contributed by atoms with Gasteiger partial charge in [0, 0.05) is 25.8 Å². The number of hydrogen-bond donors (Lipinski definition) is 2. The average molecular weight is 257 g/mol. The quantitative estimate of drug-likeness (QED) is 0.349. The standard InChI is InChI=1S/C10H12FN3O4/c1-18-3-2-13-10(15)6-4-9(14(16)17)8(12)5-7(6)11/h4-5H,2-3,12H2,1H3,(H,13,15). The SMILES string of the molecule is COCCNC(=O)c1cc([N+](=O)[O-])c(N)cc1F. The molecule has 0 bridgehead atoms. The Hall–Kier alpha value is -2.22. The predicted molar refractivity (Wildman–Crippen MR) is 61.7 cm³/mol. The van der Waals surface area contributed by atoms with Gasteiger partial charge in [-0.05, 0) is 0 Å². The highest BCUT2D eigenvalue weighted by Crippen LogP contribution is 2.24. The number of anilines is 1. The number of amides is 1. The third-order valence-corrected chi connectivity index (χ3v) is 2.15. The smallest absolute Gasteiger partial charge is 0.293 e. The van der Waals surface area contributed by atoms with E-state index in [-0.39, 0.29) is 18.8 Å². The molecule has 7 nitrogen and oxygen atoms in total. The highest BCUT2D eigenvalue weighted by Gasteiger charge is 2.20. The number of nitro benzene ring substituents is 1. The normalized spacial score (nSPS) is 10.1. The van der Waals surface area contributed by atoms with Gasteiger partial charge in [-0.1, -0.05) is 0 Å². The van der Waals surface area contributed by atoms with Crippen molar-refractivity contribution in [3.63, 3.8) is 0 Å². The maximum atomic E-state index is 13.5. The zero-order chi connectivity index (χ0) is 13.7. The van der Waals surface area contributed by atoms with Crippen LogP contribution in [0.5, 0.6) is 0 Å². The minimum atomic E-state index is -0.909. The molecule has 1 aromatic rings. The highest BCUT2D eigenvalue weighted by atomic mass is 19.1. The molecule has 0 fully saturated rings. The molecule has 1 aromatic carbocycles. The van der Waals surface area contributed by atoms with Crippen LogP contribution in [0.3, 0.4) is 0 Å². The zero-order valence-electron chi connectivity index (χ0n) is 9.60. The second-order valence-corrected chi connectivity index (χ2v) is 3.40. The summed E-state index contributed by atoms with van der Waals surface area (Å²) in [5, 5.41) is 13.0. The van der Waals surface area contributed by atoms with Gasteiger partial charge in [-0.2, -0.15) is 0 Å². The minimum Gasteiger partial charge on any atom is -0.393 e. The minimum absolute atomic E-state index is 0.174. The number of carbonyl (C=O) groups excluding carboxylic acids is 1. The van der Waals surface area contributed by atoms with E-state index in [0.29, 0.717) is 0 Å². The van der Waals surface area contributed by atoms with Crippen LogP contribution < -0.4 is 11.1 Å². The lowest BCUT2D eigenvalue weighted by atomic mass is 10.1. The first-order valence-corrected chi connectivity index (χ1v) is 4.98. The first-order chi connectivity index (χ1) is 8.47. The molecule has 98 valence electrons.